The van der Waals surface area contributed by atoms with Crippen LogP contribution in [0.2, 0.25) is 0 Å². The molecular formula is C12H19NO3. The van der Waals surface area contributed by atoms with Crippen LogP contribution in [-0.2, 0) is 9.59 Å². The zero-order valence-corrected chi connectivity index (χ0v) is 9.90. The highest BCUT2D eigenvalue weighted by atomic mass is 16.4. The molecule has 0 heterocycles. The standard InChI is InChI=1S/C12H19NO3/c1-8(2)6-9(3)12(16)13(7-11(14)15)10-4-5-10/h9-10H,1,4-7H2,2-3H3,(H,14,15). The second kappa shape index (κ2) is 5.14. The Morgan fingerprint density at radius 1 is 1.50 bits per heavy atom. The molecule has 0 radical (unpaired) electrons. The first-order valence-electron chi connectivity index (χ1n) is 5.58. The van der Waals surface area contributed by atoms with Crippen LogP contribution >= 0.6 is 0 Å². The minimum absolute atomic E-state index is 0.0621. The van der Waals surface area contributed by atoms with Gasteiger partial charge in [0.25, 0.3) is 0 Å². The van der Waals surface area contributed by atoms with Crippen molar-refractivity contribution in [2.45, 2.75) is 39.2 Å². The van der Waals surface area contributed by atoms with Crippen molar-refractivity contribution in [2.24, 2.45) is 5.92 Å². The molecule has 1 unspecified atom stereocenters. The highest BCUT2D eigenvalue weighted by molar-refractivity contribution is 5.83. The number of hydrogen-bond acceptors (Lipinski definition) is 2. The van der Waals surface area contributed by atoms with Gasteiger partial charge in [0.1, 0.15) is 6.54 Å². The number of nitrogens with zero attached hydrogens (tertiary/aromatic N) is 1. The summed E-state index contributed by atoms with van der Waals surface area (Å²) in [6.07, 6.45) is 2.49. The highest BCUT2D eigenvalue weighted by Crippen LogP contribution is 2.28. The first kappa shape index (κ1) is 12.7. The van der Waals surface area contributed by atoms with Crippen molar-refractivity contribution in [3.05, 3.63) is 12.2 Å². The Morgan fingerprint density at radius 3 is 2.44 bits per heavy atom. The van der Waals surface area contributed by atoms with Crippen LogP contribution in [0, 0.1) is 5.92 Å². The molecule has 1 atom stereocenters. The monoisotopic (exact) mass is 225 g/mol. The SMILES string of the molecule is C=C(C)CC(C)C(=O)N(CC(=O)O)C1CC1. The Labute approximate surface area is 95.9 Å². The van der Waals surface area contributed by atoms with Gasteiger partial charge in [0.2, 0.25) is 5.91 Å². The molecule has 1 aliphatic rings. The smallest absolute Gasteiger partial charge is 0.323 e. The molecule has 4 heteroatoms. The third kappa shape index (κ3) is 3.68. The van der Waals surface area contributed by atoms with Gasteiger partial charge in [0.15, 0.2) is 0 Å². The Balaban J connectivity index is 2.59. The number of rotatable bonds is 6. The van der Waals surface area contributed by atoms with Crippen molar-refractivity contribution < 1.29 is 14.7 Å². The normalized spacial score (nSPS) is 16.6. The lowest BCUT2D eigenvalue weighted by Crippen LogP contribution is -2.40. The number of carbonyl (C=O) groups excluding carboxylic acids is 1. The van der Waals surface area contributed by atoms with E-state index >= 15 is 0 Å². The van der Waals surface area contributed by atoms with Gasteiger partial charge in [-0.15, -0.1) is 6.58 Å². The van der Waals surface area contributed by atoms with Crippen molar-refractivity contribution in [3.63, 3.8) is 0 Å². The molecule has 0 bridgehead atoms. The van der Waals surface area contributed by atoms with Gasteiger partial charge < -0.3 is 10.0 Å². The number of carbonyl (C=O) groups is 2. The zero-order valence-electron chi connectivity index (χ0n) is 9.90. The molecule has 0 aromatic rings. The number of amides is 1. The Kier molecular flexibility index (Phi) is 4.10. The van der Waals surface area contributed by atoms with E-state index in [0.29, 0.717) is 6.42 Å². The number of allylic oxidation sites excluding steroid dienone is 1. The van der Waals surface area contributed by atoms with Crippen molar-refractivity contribution in [3.8, 4) is 0 Å². The van der Waals surface area contributed by atoms with Crippen LogP contribution in [0.3, 0.4) is 0 Å². The average molecular weight is 225 g/mol. The molecule has 0 aromatic carbocycles. The molecular weight excluding hydrogens is 206 g/mol. The first-order valence-corrected chi connectivity index (χ1v) is 5.58. The molecule has 1 aliphatic carbocycles. The van der Waals surface area contributed by atoms with E-state index < -0.39 is 5.97 Å². The molecule has 1 saturated carbocycles. The van der Waals surface area contributed by atoms with Gasteiger partial charge in [-0.05, 0) is 26.2 Å². The quantitative estimate of drug-likeness (QED) is 0.699. The molecule has 4 nitrogen and oxygen atoms in total. The predicted molar refractivity (Wildman–Crippen MR) is 61.0 cm³/mol. The lowest BCUT2D eigenvalue weighted by Gasteiger charge is -2.24. The maximum absolute atomic E-state index is 12.0. The Hall–Kier alpha value is -1.32. The molecule has 1 rings (SSSR count). The minimum Gasteiger partial charge on any atom is -0.480 e. The maximum atomic E-state index is 12.0. The van der Waals surface area contributed by atoms with E-state index in [1.165, 1.54) is 4.90 Å². The number of carboxylic acid groups (broad SMARTS) is 1. The minimum atomic E-state index is -0.942. The summed E-state index contributed by atoms with van der Waals surface area (Å²) < 4.78 is 0. The van der Waals surface area contributed by atoms with E-state index in [4.69, 9.17) is 5.11 Å². The summed E-state index contributed by atoms with van der Waals surface area (Å²) in [6.45, 7) is 7.30. The summed E-state index contributed by atoms with van der Waals surface area (Å²) in [5.74, 6) is -1.17. The highest BCUT2D eigenvalue weighted by Gasteiger charge is 2.35. The van der Waals surface area contributed by atoms with Crippen molar-refractivity contribution in [1.82, 2.24) is 4.90 Å². The van der Waals surface area contributed by atoms with Gasteiger partial charge in [-0.25, -0.2) is 0 Å². The molecule has 1 N–H and O–H groups in total. The Bertz CT molecular complexity index is 307. The largest absolute Gasteiger partial charge is 0.480 e. The third-order valence-corrected chi connectivity index (χ3v) is 2.65. The zero-order chi connectivity index (χ0) is 12.3. The molecule has 0 spiro atoms. The molecule has 0 aromatic heterocycles. The van der Waals surface area contributed by atoms with E-state index in [1.54, 1.807) is 0 Å². The molecule has 90 valence electrons. The number of carboxylic acids is 1. The summed E-state index contributed by atoms with van der Waals surface area (Å²) in [6, 6.07) is 0.149. The number of aliphatic carboxylic acids is 1. The van der Waals surface area contributed by atoms with Gasteiger partial charge in [0.05, 0.1) is 0 Å². The van der Waals surface area contributed by atoms with Gasteiger partial charge in [-0.2, -0.15) is 0 Å². The van der Waals surface area contributed by atoms with Gasteiger partial charge in [-0.3, -0.25) is 9.59 Å². The van der Waals surface area contributed by atoms with E-state index in [9.17, 15) is 9.59 Å². The van der Waals surface area contributed by atoms with Crippen LogP contribution in [0.25, 0.3) is 0 Å². The lowest BCUT2D eigenvalue weighted by atomic mass is 10.0. The molecule has 1 amide bonds. The summed E-state index contributed by atoms with van der Waals surface area (Å²) in [5, 5.41) is 8.76. The fourth-order valence-electron chi connectivity index (χ4n) is 1.81. The van der Waals surface area contributed by atoms with E-state index in [-0.39, 0.29) is 24.4 Å². The second-order valence-corrected chi connectivity index (χ2v) is 4.65. The van der Waals surface area contributed by atoms with Crippen molar-refractivity contribution in [1.29, 1.82) is 0 Å². The summed E-state index contributed by atoms with van der Waals surface area (Å²) in [4.78, 5) is 24.2. The van der Waals surface area contributed by atoms with Gasteiger partial charge in [-0.1, -0.05) is 12.5 Å². The number of hydrogen-bond donors (Lipinski definition) is 1. The fraction of sp³-hybridized carbons (Fsp3) is 0.667. The van der Waals surface area contributed by atoms with Crippen LogP contribution in [0.5, 0.6) is 0 Å². The fourth-order valence-corrected chi connectivity index (χ4v) is 1.81. The van der Waals surface area contributed by atoms with Crippen molar-refractivity contribution >= 4 is 11.9 Å². The summed E-state index contributed by atoms with van der Waals surface area (Å²) in [5.41, 5.74) is 0.951. The topological polar surface area (TPSA) is 57.6 Å². The van der Waals surface area contributed by atoms with E-state index in [2.05, 4.69) is 6.58 Å². The van der Waals surface area contributed by atoms with Crippen molar-refractivity contribution in [2.75, 3.05) is 6.54 Å². The van der Waals surface area contributed by atoms with E-state index in [0.717, 1.165) is 18.4 Å². The van der Waals surface area contributed by atoms with Gasteiger partial charge in [0, 0.05) is 12.0 Å². The second-order valence-electron chi connectivity index (χ2n) is 4.65. The van der Waals surface area contributed by atoms with E-state index in [1.807, 2.05) is 13.8 Å². The van der Waals surface area contributed by atoms with Gasteiger partial charge >= 0.3 is 5.97 Å². The third-order valence-electron chi connectivity index (χ3n) is 2.65. The maximum Gasteiger partial charge on any atom is 0.323 e. The Morgan fingerprint density at radius 2 is 2.06 bits per heavy atom. The molecule has 1 fully saturated rings. The summed E-state index contributed by atoms with van der Waals surface area (Å²) >= 11 is 0. The summed E-state index contributed by atoms with van der Waals surface area (Å²) in [7, 11) is 0. The van der Waals surface area contributed by atoms with Crippen LogP contribution < -0.4 is 0 Å². The predicted octanol–water partition coefficient (Wildman–Crippen LogP) is 1.66. The molecule has 16 heavy (non-hydrogen) atoms. The van der Waals surface area contributed by atoms with Crippen LogP contribution in [0.15, 0.2) is 12.2 Å². The average Bonchev–Trinajstić information content (AvgIpc) is 2.94. The molecule has 0 aliphatic heterocycles. The molecule has 0 saturated heterocycles. The van der Waals surface area contributed by atoms with Crippen LogP contribution in [0.4, 0.5) is 0 Å². The first-order chi connectivity index (χ1) is 7.41. The lowest BCUT2D eigenvalue weighted by molar-refractivity contribution is -0.146. The van der Waals surface area contributed by atoms with Crippen LogP contribution in [0.1, 0.15) is 33.1 Å². The van der Waals surface area contributed by atoms with Crippen LogP contribution in [-0.4, -0.2) is 34.5 Å².